The number of rotatable bonds is 3. The molecular weight excluding hydrogens is 252 g/mol. The van der Waals surface area contributed by atoms with Crippen LogP contribution in [0.2, 0.25) is 0 Å². The van der Waals surface area contributed by atoms with E-state index in [1.165, 1.54) is 0 Å². The standard InChI is InChI=1S/C14H12N6/c15-13-18-12(10-5-2-1-3-6-10)19-14(20-13)17-11-7-4-8-16-9-11/h1-9H,(H3,15,17,18,19,20). The van der Waals surface area contributed by atoms with Crippen molar-refractivity contribution >= 4 is 17.6 Å². The second kappa shape index (κ2) is 5.31. The van der Waals surface area contributed by atoms with Crippen molar-refractivity contribution < 1.29 is 0 Å². The quantitative estimate of drug-likeness (QED) is 0.754. The van der Waals surface area contributed by atoms with Crippen LogP contribution in [0.25, 0.3) is 11.4 Å². The molecule has 0 fully saturated rings. The van der Waals surface area contributed by atoms with Gasteiger partial charge in [-0.3, -0.25) is 4.98 Å². The van der Waals surface area contributed by atoms with Gasteiger partial charge in [-0.25, -0.2) is 0 Å². The number of benzene rings is 1. The topological polar surface area (TPSA) is 89.6 Å². The second-order valence-corrected chi connectivity index (χ2v) is 4.07. The predicted molar refractivity (Wildman–Crippen MR) is 77.2 cm³/mol. The van der Waals surface area contributed by atoms with Crippen LogP contribution in [0.4, 0.5) is 17.6 Å². The molecule has 2 heterocycles. The summed E-state index contributed by atoms with van der Waals surface area (Å²) < 4.78 is 0. The molecule has 6 nitrogen and oxygen atoms in total. The third kappa shape index (κ3) is 2.69. The molecule has 0 radical (unpaired) electrons. The summed E-state index contributed by atoms with van der Waals surface area (Å²) in [6.45, 7) is 0. The Morgan fingerprint density at radius 1 is 0.900 bits per heavy atom. The van der Waals surface area contributed by atoms with Gasteiger partial charge in [0.05, 0.1) is 11.9 Å². The van der Waals surface area contributed by atoms with Gasteiger partial charge in [-0.05, 0) is 12.1 Å². The molecule has 0 unspecified atom stereocenters. The molecule has 3 N–H and O–H groups in total. The minimum absolute atomic E-state index is 0.172. The van der Waals surface area contributed by atoms with Crippen molar-refractivity contribution in [3.8, 4) is 11.4 Å². The third-order valence-electron chi connectivity index (χ3n) is 2.60. The SMILES string of the molecule is Nc1nc(Nc2cccnc2)nc(-c2ccccc2)n1. The summed E-state index contributed by atoms with van der Waals surface area (Å²) in [7, 11) is 0. The molecule has 3 rings (SSSR count). The molecule has 0 aliphatic carbocycles. The number of hydrogen-bond acceptors (Lipinski definition) is 6. The van der Waals surface area contributed by atoms with Gasteiger partial charge in [-0.2, -0.15) is 15.0 Å². The van der Waals surface area contributed by atoms with Crippen molar-refractivity contribution in [1.29, 1.82) is 0 Å². The highest BCUT2D eigenvalue weighted by molar-refractivity contribution is 5.59. The van der Waals surface area contributed by atoms with E-state index in [1.54, 1.807) is 12.4 Å². The molecule has 0 aliphatic heterocycles. The fourth-order valence-electron chi connectivity index (χ4n) is 1.73. The molecular formula is C14H12N6. The summed E-state index contributed by atoms with van der Waals surface area (Å²) in [6, 6.07) is 13.3. The molecule has 2 aromatic heterocycles. The maximum Gasteiger partial charge on any atom is 0.232 e. The van der Waals surface area contributed by atoms with E-state index in [0.717, 1.165) is 11.3 Å². The Kier molecular flexibility index (Phi) is 3.20. The Hall–Kier alpha value is -3.02. The zero-order valence-electron chi connectivity index (χ0n) is 10.6. The number of hydrogen-bond donors (Lipinski definition) is 2. The van der Waals surface area contributed by atoms with E-state index in [9.17, 15) is 0 Å². The van der Waals surface area contributed by atoms with E-state index in [2.05, 4.69) is 25.3 Å². The Balaban J connectivity index is 1.95. The monoisotopic (exact) mass is 264 g/mol. The highest BCUT2D eigenvalue weighted by Crippen LogP contribution is 2.18. The van der Waals surface area contributed by atoms with Gasteiger partial charge in [0.25, 0.3) is 0 Å². The van der Waals surface area contributed by atoms with E-state index in [1.807, 2.05) is 42.5 Å². The van der Waals surface area contributed by atoms with Crippen LogP contribution in [-0.2, 0) is 0 Å². The van der Waals surface area contributed by atoms with Crippen LogP contribution in [0, 0.1) is 0 Å². The lowest BCUT2D eigenvalue weighted by Gasteiger charge is -2.06. The molecule has 0 amide bonds. The Labute approximate surface area is 115 Å². The summed E-state index contributed by atoms with van der Waals surface area (Å²) >= 11 is 0. The fourth-order valence-corrected chi connectivity index (χ4v) is 1.73. The smallest absolute Gasteiger partial charge is 0.232 e. The first kappa shape index (κ1) is 12.0. The van der Waals surface area contributed by atoms with Gasteiger partial charge in [0, 0.05) is 11.8 Å². The average molecular weight is 264 g/mol. The zero-order chi connectivity index (χ0) is 13.8. The molecule has 20 heavy (non-hydrogen) atoms. The minimum Gasteiger partial charge on any atom is -0.368 e. The maximum atomic E-state index is 5.73. The first-order valence-electron chi connectivity index (χ1n) is 6.05. The summed E-state index contributed by atoms with van der Waals surface area (Å²) in [6.07, 6.45) is 3.38. The Bertz CT molecular complexity index is 699. The molecule has 98 valence electrons. The van der Waals surface area contributed by atoms with Crippen molar-refractivity contribution in [1.82, 2.24) is 19.9 Å². The molecule has 0 spiro atoms. The molecule has 0 aliphatic rings. The summed E-state index contributed by atoms with van der Waals surface area (Å²) in [5.41, 5.74) is 7.41. The number of nitrogens with two attached hydrogens (primary N) is 1. The molecule has 0 saturated heterocycles. The Morgan fingerprint density at radius 2 is 1.75 bits per heavy atom. The Morgan fingerprint density at radius 3 is 2.50 bits per heavy atom. The third-order valence-corrected chi connectivity index (χ3v) is 2.60. The van der Waals surface area contributed by atoms with E-state index in [0.29, 0.717) is 11.8 Å². The highest BCUT2D eigenvalue weighted by atomic mass is 15.2. The number of aromatic nitrogens is 4. The molecule has 1 aromatic carbocycles. The predicted octanol–water partition coefficient (Wildman–Crippen LogP) is 2.26. The van der Waals surface area contributed by atoms with Crippen LogP contribution < -0.4 is 11.1 Å². The number of anilines is 3. The lowest BCUT2D eigenvalue weighted by atomic mass is 10.2. The van der Waals surface area contributed by atoms with Crippen molar-refractivity contribution in [2.45, 2.75) is 0 Å². The molecule has 3 aromatic rings. The van der Waals surface area contributed by atoms with Gasteiger partial charge in [-0.15, -0.1) is 0 Å². The molecule has 0 atom stereocenters. The van der Waals surface area contributed by atoms with Crippen LogP contribution in [0.1, 0.15) is 0 Å². The molecule has 0 bridgehead atoms. The normalized spacial score (nSPS) is 10.2. The fraction of sp³-hybridized carbons (Fsp3) is 0. The highest BCUT2D eigenvalue weighted by Gasteiger charge is 2.06. The van der Waals surface area contributed by atoms with Crippen molar-refractivity contribution in [3.05, 3.63) is 54.9 Å². The molecule has 0 saturated carbocycles. The second-order valence-electron chi connectivity index (χ2n) is 4.07. The minimum atomic E-state index is 0.172. The van der Waals surface area contributed by atoms with E-state index in [-0.39, 0.29) is 5.95 Å². The first-order chi connectivity index (χ1) is 9.81. The largest absolute Gasteiger partial charge is 0.368 e. The summed E-state index contributed by atoms with van der Waals surface area (Å²) in [5, 5.41) is 3.05. The van der Waals surface area contributed by atoms with E-state index >= 15 is 0 Å². The van der Waals surface area contributed by atoms with Crippen molar-refractivity contribution in [2.24, 2.45) is 0 Å². The van der Waals surface area contributed by atoms with Gasteiger partial charge in [-0.1, -0.05) is 30.3 Å². The van der Waals surface area contributed by atoms with E-state index < -0.39 is 0 Å². The van der Waals surface area contributed by atoms with Crippen LogP contribution in [0.5, 0.6) is 0 Å². The van der Waals surface area contributed by atoms with E-state index in [4.69, 9.17) is 5.73 Å². The van der Waals surface area contributed by atoms with Gasteiger partial charge in [0.1, 0.15) is 0 Å². The van der Waals surface area contributed by atoms with Crippen LogP contribution in [0.3, 0.4) is 0 Å². The number of nitrogens with zero attached hydrogens (tertiary/aromatic N) is 4. The van der Waals surface area contributed by atoms with Crippen LogP contribution in [0.15, 0.2) is 54.9 Å². The number of nitrogen functional groups attached to an aromatic ring is 1. The van der Waals surface area contributed by atoms with Gasteiger partial charge in [0.15, 0.2) is 5.82 Å². The first-order valence-corrected chi connectivity index (χ1v) is 6.05. The van der Waals surface area contributed by atoms with Gasteiger partial charge < -0.3 is 11.1 Å². The lowest BCUT2D eigenvalue weighted by molar-refractivity contribution is 1.07. The average Bonchev–Trinajstić information content (AvgIpc) is 2.49. The van der Waals surface area contributed by atoms with Crippen LogP contribution in [-0.4, -0.2) is 19.9 Å². The number of pyridine rings is 1. The lowest BCUT2D eigenvalue weighted by Crippen LogP contribution is -2.05. The maximum absolute atomic E-state index is 5.73. The summed E-state index contributed by atoms with van der Waals surface area (Å²) in [5.74, 6) is 1.10. The van der Waals surface area contributed by atoms with Crippen molar-refractivity contribution in [3.63, 3.8) is 0 Å². The van der Waals surface area contributed by atoms with Gasteiger partial charge in [0.2, 0.25) is 11.9 Å². The van der Waals surface area contributed by atoms with Crippen molar-refractivity contribution in [2.75, 3.05) is 11.1 Å². The molecule has 6 heteroatoms. The zero-order valence-corrected chi connectivity index (χ0v) is 10.6. The van der Waals surface area contributed by atoms with Crippen LogP contribution >= 0.6 is 0 Å². The number of nitrogens with one attached hydrogen (secondary N) is 1. The van der Waals surface area contributed by atoms with Gasteiger partial charge >= 0.3 is 0 Å². The summed E-state index contributed by atoms with van der Waals surface area (Å²) in [4.78, 5) is 16.6.